The van der Waals surface area contributed by atoms with E-state index >= 15 is 0 Å². The minimum Gasteiger partial charge on any atom is -0.322 e. The summed E-state index contributed by atoms with van der Waals surface area (Å²) in [5.41, 5.74) is 1.58. The Morgan fingerprint density at radius 3 is 1.93 bits per heavy atom. The van der Waals surface area contributed by atoms with E-state index in [1.807, 2.05) is 60.7 Å². The van der Waals surface area contributed by atoms with E-state index in [-0.39, 0.29) is 12.6 Å². The maximum atomic E-state index is 13.8. The van der Waals surface area contributed by atoms with Crippen LogP contribution in [0, 0.1) is 17.5 Å². The number of nitrogens with zero attached hydrogens (tertiary/aromatic N) is 1. The Labute approximate surface area is 161 Å². The Hall–Kier alpha value is -3.12. The molecule has 3 nitrogen and oxygen atoms in total. The van der Waals surface area contributed by atoms with Gasteiger partial charge < -0.3 is 5.32 Å². The van der Waals surface area contributed by atoms with Crippen LogP contribution in [0.2, 0.25) is 0 Å². The van der Waals surface area contributed by atoms with Crippen molar-refractivity contribution in [2.24, 2.45) is 0 Å². The molecule has 0 unspecified atom stereocenters. The molecule has 6 heteroatoms. The summed E-state index contributed by atoms with van der Waals surface area (Å²) in [6.07, 6.45) is 0. The number of benzene rings is 3. The number of rotatable bonds is 6. The first-order valence-electron chi connectivity index (χ1n) is 8.71. The molecule has 0 spiro atoms. The average molecular weight is 384 g/mol. The summed E-state index contributed by atoms with van der Waals surface area (Å²) in [5.74, 6) is -4.87. The van der Waals surface area contributed by atoms with Crippen LogP contribution in [0.15, 0.2) is 72.8 Å². The molecule has 3 aromatic carbocycles. The van der Waals surface area contributed by atoms with Crippen LogP contribution in [0.3, 0.4) is 0 Å². The monoisotopic (exact) mass is 384 g/mol. The molecule has 1 amide bonds. The first kappa shape index (κ1) is 19.6. The van der Waals surface area contributed by atoms with Gasteiger partial charge in [0.15, 0.2) is 17.5 Å². The minimum absolute atomic E-state index is 0.0765. The summed E-state index contributed by atoms with van der Waals surface area (Å²) >= 11 is 0. The molecule has 0 fully saturated rings. The highest BCUT2D eigenvalue weighted by Gasteiger charge is 2.22. The number of carbonyl (C=O) groups is 1. The number of amides is 1. The van der Waals surface area contributed by atoms with Crippen molar-refractivity contribution < 1.29 is 18.0 Å². The van der Waals surface area contributed by atoms with Crippen molar-refractivity contribution in [2.75, 3.05) is 18.9 Å². The topological polar surface area (TPSA) is 32.3 Å². The van der Waals surface area contributed by atoms with Gasteiger partial charge in [-0.3, -0.25) is 9.69 Å². The fourth-order valence-corrected chi connectivity index (χ4v) is 3.10. The number of hydrogen-bond acceptors (Lipinski definition) is 2. The molecule has 0 aliphatic heterocycles. The Morgan fingerprint density at radius 1 is 0.857 bits per heavy atom. The van der Waals surface area contributed by atoms with Gasteiger partial charge in [0.2, 0.25) is 5.91 Å². The summed E-state index contributed by atoms with van der Waals surface area (Å²) < 4.78 is 40.2. The van der Waals surface area contributed by atoms with Gasteiger partial charge in [-0.05, 0) is 30.3 Å². The van der Waals surface area contributed by atoms with E-state index in [4.69, 9.17) is 0 Å². The average Bonchev–Trinajstić information content (AvgIpc) is 2.70. The molecule has 0 heterocycles. The zero-order chi connectivity index (χ0) is 20.1. The summed E-state index contributed by atoms with van der Waals surface area (Å²) in [7, 11) is 1.77. The van der Waals surface area contributed by atoms with E-state index in [2.05, 4.69) is 5.32 Å². The SMILES string of the molecule is CN(CC(=O)Nc1ccc(F)c(F)c1F)C(c1ccccc1)c1ccccc1. The lowest BCUT2D eigenvalue weighted by Gasteiger charge is -2.28. The number of carbonyl (C=O) groups excluding carboxylic acids is 1. The lowest BCUT2D eigenvalue weighted by molar-refractivity contribution is -0.117. The normalized spacial score (nSPS) is 11.1. The third-order valence-corrected chi connectivity index (χ3v) is 4.37. The van der Waals surface area contributed by atoms with Gasteiger partial charge in [-0.15, -0.1) is 0 Å². The zero-order valence-electron chi connectivity index (χ0n) is 15.2. The van der Waals surface area contributed by atoms with Gasteiger partial charge in [-0.2, -0.15) is 0 Å². The lowest BCUT2D eigenvalue weighted by Crippen LogP contribution is -2.34. The predicted molar refractivity (Wildman–Crippen MR) is 102 cm³/mol. The van der Waals surface area contributed by atoms with Crippen molar-refractivity contribution in [2.45, 2.75) is 6.04 Å². The quantitative estimate of drug-likeness (QED) is 0.622. The van der Waals surface area contributed by atoms with Crippen LogP contribution in [-0.2, 0) is 4.79 Å². The van der Waals surface area contributed by atoms with Gasteiger partial charge in [-0.25, -0.2) is 13.2 Å². The Morgan fingerprint density at radius 2 is 1.39 bits per heavy atom. The molecule has 0 aromatic heterocycles. The van der Waals surface area contributed by atoms with Crippen molar-refractivity contribution in [1.29, 1.82) is 0 Å². The van der Waals surface area contributed by atoms with E-state index < -0.39 is 29.0 Å². The lowest BCUT2D eigenvalue weighted by atomic mass is 9.97. The van der Waals surface area contributed by atoms with Crippen LogP contribution in [0.25, 0.3) is 0 Å². The third-order valence-electron chi connectivity index (χ3n) is 4.37. The van der Waals surface area contributed by atoms with Gasteiger partial charge in [-0.1, -0.05) is 60.7 Å². The Balaban J connectivity index is 1.79. The highest BCUT2D eigenvalue weighted by molar-refractivity contribution is 5.92. The van der Waals surface area contributed by atoms with Gasteiger partial charge in [0.1, 0.15) is 0 Å². The molecule has 3 rings (SSSR count). The second-order valence-electron chi connectivity index (χ2n) is 6.41. The summed E-state index contributed by atoms with van der Waals surface area (Å²) in [6.45, 7) is -0.0765. The van der Waals surface area contributed by atoms with Crippen molar-refractivity contribution in [3.63, 3.8) is 0 Å². The molecule has 0 aliphatic rings. The van der Waals surface area contributed by atoms with Crippen LogP contribution in [0.4, 0.5) is 18.9 Å². The second kappa shape index (κ2) is 8.71. The highest BCUT2D eigenvalue weighted by atomic mass is 19.2. The zero-order valence-corrected chi connectivity index (χ0v) is 15.2. The van der Waals surface area contributed by atoms with Crippen molar-refractivity contribution in [3.05, 3.63) is 101 Å². The molecule has 1 N–H and O–H groups in total. The fourth-order valence-electron chi connectivity index (χ4n) is 3.10. The molecule has 0 aliphatic carbocycles. The summed E-state index contributed by atoms with van der Waals surface area (Å²) in [6, 6.07) is 20.9. The first-order valence-corrected chi connectivity index (χ1v) is 8.71. The Bertz CT molecular complexity index is 909. The maximum Gasteiger partial charge on any atom is 0.238 e. The van der Waals surface area contributed by atoms with Crippen molar-refractivity contribution in [1.82, 2.24) is 4.90 Å². The van der Waals surface area contributed by atoms with Gasteiger partial charge >= 0.3 is 0 Å². The van der Waals surface area contributed by atoms with E-state index in [9.17, 15) is 18.0 Å². The standard InChI is InChI=1S/C22H19F3N2O/c1-27(14-19(28)26-18-13-12-17(23)20(24)21(18)25)22(15-8-4-2-5-9-15)16-10-6-3-7-11-16/h2-13,22H,14H2,1H3,(H,26,28). The number of anilines is 1. The number of halogens is 3. The minimum atomic E-state index is -1.61. The van der Waals surface area contributed by atoms with Gasteiger partial charge in [0.25, 0.3) is 0 Å². The van der Waals surface area contributed by atoms with Crippen LogP contribution in [0.1, 0.15) is 17.2 Å². The summed E-state index contributed by atoms with van der Waals surface area (Å²) in [4.78, 5) is 14.2. The molecule has 0 bridgehead atoms. The third kappa shape index (κ3) is 4.40. The molecule has 0 atom stereocenters. The summed E-state index contributed by atoms with van der Waals surface area (Å²) in [5, 5.41) is 2.30. The second-order valence-corrected chi connectivity index (χ2v) is 6.41. The van der Waals surface area contributed by atoms with E-state index in [0.29, 0.717) is 0 Å². The van der Waals surface area contributed by atoms with Gasteiger partial charge in [0.05, 0.1) is 18.3 Å². The highest BCUT2D eigenvalue weighted by Crippen LogP contribution is 2.27. The number of hydrogen-bond donors (Lipinski definition) is 1. The predicted octanol–water partition coefficient (Wildman–Crippen LogP) is 4.76. The Kier molecular flexibility index (Phi) is 6.11. The molecule has 0 saturated heterocycles. The molecule has 3 aromatic rings. The fraction of sp³-hybridized carbons (Fsp3) is 0.136. The molecule has 144 valence electrons. The largest absolute Gasteiger partial charge is 0.322 e. The van der Waals surface area contributed by atoms with Crippen LogP contribution >= 0.6 is 0 Å². The smallest absolute Gasteiger partial charge is 0.238 e. The molecular weight excluding hydrogens is 365 g/mol. The molecule has 0 radical (unpaired) electrons. The number of nitrogens with one attached hydrogen (secondary N) is 1. The molecular formula is C22H19F3N2O. The van der Waals surface area contributed by atoms with Crippen LogP contribution in [-0.4, -0.2) is 24.4 Å². The van der Waals surface area contributed by atoms with E-state index in [1.54, 1.807) is 11.9 Å². The van der Waals surface area contributed by atoms with Crippen LogP contribution in [0.5, 0.6) is 0 Å². The van der Waals surface area contributed by atoms with Gasteiger partial charge in [0, 0.05) is 0 Å². The van der Waals surface area contributed by atoms with Crippen molar-refractivity contribution >= 4 is 11.6 Å². The maximum absolute atomic E-state index is 13.8. The van der Waals surface area contributed by atoms with Crippen molar-refractivity contribution in [3.8, 4) is 0 Å². The van der Waals surface area contributed by atoms with E-state index in [1.165, 1.54) is 0 Å². The first-order chi connectivity index (χ1) is 13.5. The van der Waals surface area contributed by atoms with Crippen LogP contribution < -0.4 is 5.32 Å². The number of likely N-dealkylation sites (N-methyl/N-ethyl adjacent to an activating group) is 1. The molecule has 0 saturated carbocycles. The van der Waals surface area contributed by atoms with E-state index in [0.717, 1.165) is 23.3 Å². The molecule has 28 heavy (non-hydrogen) atoms.